The maximum Gasteiger partial charge on any atom is 0.265 e. The fourth-order valence-electron chi connectivity index (χ4n) is 1.07. The number of nitrogens with zero attached hydrogens (tertiary/aromatic N) is 1. The maximum absolute atomic E-state index is 12.5. The topological polar surface area (TPSA) is 90.8 Å². The number of aromatic nitrogens is 1. The van der Waals surface area contributed by atoms with Gasteiger partial charge in [0.2, 0.25) is 5.56 Å². The summed E-state index contributed by atoms with van der Waals surface area (Å²) in [5.41, 5.74) is -2.90. The number of hydrogen-bond acceptors (Lipinski definition) is 4. The van der Waals surface area contributed by atoms with Gasteiger partial charge >= 0.3 is 0 Å². The predicted octanol–water partition coefficient (Wildman–Crippen LogP) is 1.11. The van der Waals surface area contributed by atoms with Crippen molar-refractivity contribution in [3.05, 3.63) is 27.7 Å². The average molecular weight is 269 g/mol. The third-order valence-electron chi connectivity index (χ3n) is 1.61. The number of pyridine rings is 1. The van der Waals surface area contributed by atoms with E-state index < -0.39 is 37.2 Å². The molecular weight excluding hydrogens is 266 g/mol. The van der Waals surface area contributed by atoms with Crippen LogP contribution in [0.3, 0.4) is 0 Å². The van der Waals surface area contributed by atoms with Crippen LogP contribution in [0.15, 0.2) is 15.8 Å². The summed E-state index contributed by atoms with van der Waals surface area (Å²) < 4.78 is 47.0. The van der Waals surface area contributed by atoms with Gasteiger partial charge in [-0.1, -0.05) is 0 Å². The predicted molar refractivity (Wildman–Crippen MR) is 49.8 cm³/mol. The monoisotopic (exact) mass is 268 g/mol. The van der Waals surface area contributed by atoms with Crippen LogP contribution in [-0.2, 0) is 9.05 Å². The van der Waals surface area contributed by atoms with Crippen molar-refractivity contribution in [3.63, 3.8) is 0 Å². The number of alkyl halides is 2. The molecule has 0 amide bonds. The van der Waals surface area contributed by atoms with Crippen LogP contribution in [-0.4, -0.2) is 13.4 Å². The first-order valence-electron chi connectivity index (χ1n) is 3.67. The number of nitriles is 1. The molecule has 0 saturated carbocycles. The van der Waals surface area contributed by atoms with Crippen LogP contribution in [0.1, 0.15) is 17.7 Å². The van der Waals surface area contributed by atoms with E-state index in [1.54, 1.807) is 0 Å². The lowest BCUT2D eigenvalue weighted by molar-refractivity contribution is 0.147. The van der Waals surface area contributed by atoms with E-state index >= 15 is 0 Å². The Balaban J connectivity index is 3.82. The van der Waals surface area contributed by atoms with Gasteiger partial charge in [0.15, 0.2) is 0 Å². The molecule has 1 rings (SSSR count). The van der Waals surface area contributed by atoms with E-state index in [4.69, 9.17) is 15.9 Å². The highest BCUT2D eigenvalue weighted by Gasteiger charge is 2.26. The Morgan fingerprint density at radius 3 is 2.44 bits per heavy atom. The van der Waals surface area contributed by atoms with Gasteiger partial charge in [0.25, 0.3) is 15.5 Å². The van der Waals surface area contributed by atoms with E-state index in [0.717, 1.165) is 0 Å². The second-order valence-electron chi connectivity index (χ2n) is 2.64. The zero-order valence-electron chi connectivity index (χ0n) is 7.37. The number of aromatic amines is 1. The molecule has 1 heterocycles. The first-order valence-corrected chi connectivity index (χ1v) is 5.98. The van der Waals surface area contributed by atoms with Crippen LogP contribution in [0.4, 0.5) is 8.78 Å². The molecule has 1 N–H and O–H groups in total. The second kappa shape index (κ2) is 4.19. The fourth-order valence-corrected chi connectivity index (χ4v) is 2.34. The lowest BCUT2D eigenvalue weighted by Gasteiger charge is -2.06. The maximum atomic E-state index is 12.5. The summed E-state index contributed by atoms with van der Waals surface area (Å²) in [7, 11) is 0.371. The SMILES string of the molecule is N#Cc1[nH]c(=O)cc(C(F)F)c1S(=O)(=O)Cl. The van der Waals surface area contributed by atoms with Crippen molar-refractivity contribution in [2.45, 2.75) is 11.3 Å². The first kappa shape index (κ1) is 12.6. The highest BCUT2D eigenvalue weighted by atomic mass is 35.7. The molecule has 5 nitrogen and oxygen atoms in total. The molecule has 1 aromatic rings. The van der Waals surface area contributed by atoms with E-state index in [1.165, 1.54) is 6.07 Å². The molecule has 0 saturated heterocycles. The standard InChI is InChI=1S/C7H3ClF2N2O3S/c8-16(14,15)6-3(7(9)10)1-5(13)12-4(6)2-11/h1,7H,(H,12,13). The van der Waals surface area contributed by atoms with Crippen molar-refractivity contribution in [2.24, 2.45) is 0 Å². The summed E-state index contributed by atoms with van der Waals surface area (Å²) in [6, 6.07) is 1.68. The van der Waals surface area contributed by atoms with Crippen LogP contribution in [0.5, 0.6) is 0 Å². The van der Waals surface area contributed by atoms with Crippen molar-refractivity contribution in [1.82, 2.24) is 4.98 Å². The quantitative estimate of drug-likeness (QED) is 0.814. The van der Waals surface area contributed by atoms with Gasteiger partial charge in [0, 0.05) is 22.3 Å². The van der Waals surface area contributed by atoms with Gasteiger partial charge in [-0.3, -0.25) is 4.79 Å². The van der Waals surface area contributed by atoms with E-state index in [0.29, 0.717) is 6.07 Å². The van der Waals surface area contributed by atoms with Crippen molar-refractivity contribution in [1.29, 1.82) is 5.26 Å². The largest absolute Gasteiger partial charge is 0.313 e. The molecule has 0 fully saturated rings. The Morgan fingerprint density at radius 2 is 2.06 bits per heavy atom. The fraction of sp³-hybridized carbons (Fsp3) is 0.143. The van der Waals surface area contributed by atoms with Crippen molar-refractivity contribution >= 4 is 19.7 Å². The summed E-state index contributed by atoms with van der Waals surface area (Å²) >= 11 is 0. The Morgan fingerprint density at radius 1 is 1.50 bits per heavy atom. The minimum atomic E-state index is -4.54. The minimum absolute atomic E-state index is 0.390. The van der Waals surface area contributed by atoms with Gasteiger partial charge in [-0.05, 0) is 0 Å². The zero-order valence-corrected chi connectivity index (χ0v) is 8.94. The van der Waals surface area contributed by atoms with E-state index in [-0.39, 0.29) is 0 Å². The molecule has 0 aliphatic rings. The third-order valence-corrected chi connectivity index (χ3v) is 3.01. The Kier molecular flexibility index (Phi) is 3.30. The molecule has 0 unspecified atom stereocenters. The molecule has 0 aromatic carbocycles. The third kappa shape index (κ3) is 2.37. The van der Waals surface area contributed by atoms with Crippen LogP contribution in [0, 0.1) is 11.3 Å². The van der Waals surface area contributed by atoms with E-state index in [2.05, 4.69) is 0 Å². The minimum Gasteiger partial charge on any atom is -0.313 e. The summed E-state index contributed by atoms with van der Waals surface area (Å²) in [6.45, 7) is 0. The van der Waals surface area contributed by atoms with Crippen LogP contribution < -0.4 is 5.56 Å². The summed E-state index contributed by atoms with van der Waals surface area (Å²) in [5.74, 6) is 0. The molecule has 0 atom stereocenters. The lowest BCUT2D eigenvalue weighted by atomic mass is 10.2. The lowest BCUT2D eigenvalue weighted by Crippen LogP contribution is -2.14. The average Bonchev–Trinajstić information content (AvgIpc) is 2.14. The zero-order chi connectivity index (χ0) is 12.5. The second-order valence-corrected chi connectivity index (χ2v) is 5.15. The van der Waals surface area contributed by atoms with Gasteiger partial charge in [0.05, 0.1) is 0 Å². The molecular formula is C7H3ClF2N2O3S. The highest BCUT2D eigenvalue weighted by molar-refractivity contribution is 8.13. The summed E-state index contributed by atoms with van der Waals surface area (Å²) in [4.78, 5) is 11.6. The molecule has 0 aliphatic carbocycles. The Labute approximate surface area is 92.7 Å². The molecule has 0 bridgehead atoms. The molecule has 0 radical (unpaired) electrons. The highest BCUT2D eigenvalue weighted by Crippen LogP contribution is 2.29. The van der Waals surface area contributed by atoms with Crippen molar-refractivity contribution in [3.8, 4) is 6.07 Å². The molecule has 0 spiro atoms. The molecule has 16 heavy (non-hydrogen) atoms. The molecule has 9 heteroatoms. The first-order chi connectivity index (χ1) is 7.27. The Hall–Kier alpha value is -1.46. The van der Waals surface area contributed by atoms with Gasteiger partial charge < -0.3 is 4.98 Å². The Bertz CT molecular complexity index is 617. The molecule has 0 aliphatic heterocycles. The van der Waals surface area contributed by atoms with Crippen LogP contribution >= 0.6 is 10.7 Å². The van der Waals surface area contributed by atoms with Crippen LogP contribution in [0.2, 0.25) is 0 Å². The smallest absolute Gasteiger partial charge is 0.265 e. The number of H-pyrrole nitrogens is 1. The summed E-state index contributed by atoms with van der Waals surface area (Å²) in [5, 5.41) is 8.52. The molecule has 86 valence electrons. The van der Waals surface area contributed by atoms with Gasteiger partial charge in [0.1, 0.15) is 16.7 Å². The van der Waals surface area contributed by atoms with Gasteiger partial charge in [-0.25, -0.2) is 17.2 Å². The number of hydrogen-bond donors (Lipinski definition) is 1. The molecule has 1 aromatic heterocycles. The van der Waals surface area contributed by atoms with Crippen LogP contribution in [0.25, 0.3) is 0 Å². The van der Waals surface area contributed by atoms with Crippen molar-refractivity contribution < 1.29 is 17.2 Å². The van der Waals surface area contributed by atoms with Gasteiger partial charge in [-0.15, -0.1) is 0 Å². The van der Waals surface area contributed by atoms with Gasteiger partial charge in [-0.2, -0.15) is 5.26 Å². The number of rotatable bonds is 2. The normalized spacial score (nSPS) is 11.4. The number of nitrogens with one attached hydrogen (secondary N) is 1. The number of halogens is 3. The van der Waals surface area contributed by atoms with E-state index in [1.807, 2.05) is 4.98 Å². The van der Waals surface area contributed by atoms with E-state index in [9.17, 15) is 22.0 Å². The summed E-state index contributed by atoms with van der Waals surface area (Å²) in [6.07, 6.45) is -3.22. The van der Waals surface area contributed by atoms with Crippen molar-refractivity contribution in [2.75, 3.05) is 0 Å².